The van der Waals surface area contributed by atoms with E-state index < -0.39 is 30.4 Å². The normalized spacial score (nSPS) is 15.6. The summed E-state index contributed by atoms with van der Waals surface area (Å²) < 4.78 is 9.63. The van der Waals surface area contributed by atoms with Crippen molar-refractivity contribution in [2.24, 2.45) is 0 Å². The monoisotopic (exact) mass is 262 g/mol. The van der Waals surface area contributed by atoms with E-state index in [1.54, 1.807) is 6.92 Å². The molecule has 0 spiro atoms. The third kappa shape index (κ3) is 5.97. The number of carbonyl (C=O) groups excluding carboxylic acids is 2. The predicted octanol–water partition coefficient (Wildman–Crippen LogP) is 0.742. The number of ether oxygens (including phenoxy) is 2. The van der Waals surface area contributed by atoms with Gasteiger partial charge in [-0.3, -0.25) is 4.79 Å². The van der Waals surface area contributed by atoms with Gasteiger partial charge in [0.2, 0.25) is 5.79 Å². The average Bonchev–Trinajstić information content (AvgIpc) is 2.33. The van der Waals surface area contributed by atoms with Gasteiger partial charge in [0.1, 0.15) is 6.61 Å². The zero-order valence-electron chi connectivity index (χ0n) is 11.1. The van der Waals surface area contributed by atoms with Crippen LogP contribution in [0.15, 0.2) is 0 Å². The number of aliphatic hydroxyl groups excluding tert-OH is 1. The molecule has 0 aromatic rings. The maximum Gasteiger partial charge on any atom is 0.350 e. The quantitative estimate of drug-likeness (QED) is 0.495. The highest BCUT2D eigenvalue weighted by molar-refractivity contribution is 5.78. The summed E-state index contributed by atoms with van der Waals surface area (Å²) in [4.78, 5) is 22.6. The number of esters is 2. The van der Waals surface area contributed by atoms with Crippen molar-refractivity contribution in [1.29, 1.82) is 0 Å². The van der Waals surface area contributed by atoms with Gasteiger partial charge < -0.3 is 19.7 Å². The van der Waals surface area contributed by atoms with E-state index in [0.717, 1.165) is 6.42 Å². The van der Waals surface area contributed by atoms with Crippen LogP contribution in [0.1, 0.15) is 46.5 Å². The number of hydrogen-bond donors (Lipinski definition) is 2. The topological polar surface area (TPSA) is 93.1 Å². The van der Waals surface area contributed by atoms with Crippen LogP contribution in [-0.4, -0.2) is 40.6 Å². The summed E-state index contributed by atoms with van der Waals surface area (Å²) >= 11 is 0. The molecule has 0 aromatic carbocycles. The lowest BCUT2D eigenvalue weighted by Crippen LogP contribution is -2.42. The van der Waals surface area contributed by atoms with Gasteiger partial charge in [0.15, 0.2) is 6.10 Å². The molecule has 6 nitrogen and oxygen atoms in total. The zero-order valence-corrected chi connectivity index (χ0v) is 11.1. The van der Waals surface area contributed by atoms with E-state index in [1.807, 2.05) is 6.92 Å². The lowest BCUT2D eigenvalue weighted by molar-refractivity contribution is -0.232. The first-order valence-electron chi connectivity index (χ1n) is 6.11. The van der Waals surface area contributed by atoms with Gasteiger partial charge in [0.25, 0.3) is 0 Å². The summed E-state index contributed by atoms with van der Waals surface area (Å²) in [5.41, 5.74) is 0. The van der Waals surface area contributed by atoms with E-state index in [4.69, 9.17) is 14.6 Å². The summed E-state index contributed by atoms with van der Waals surface area (Å²) in [5.74, 6) is -3.34. The van der Waals surface area contributed by atoms with Gasteiger partial charge in [0, 0.05) is 13.3 Å². The van der Waals surface area contributed by atoms with E-state index in [-0.39, 0.29) is 6.42 Å². The summed E-state index contributed by atoms with van der Waals surface area (Å²) in [5, 5.41) is 18.6. The molecule has 2 N–H and O–H groups in total. The number of unbranched alkanes of at least 4 members (excludes halogenated alkanes) is 1. The number of rotatable bonds is 8. The fraction of sp³-hybridized carbons (Fsp3) is 0.833. The Bertz CT molecular complexity index is 272. The lowest BCUT2D eigenvalue weighted by atomic mass is 10.1. The molecule has 0 rings (SSSR count). The molecule has 6 heteroatoms. The van der Waals surface area contributed by atoms with Crippen LogP contribution in [-0.2, 0) is 19.1 Å². The molecule has 0 fully saturated rings. The Balaban J connectivity index is 4.58. The second-order valence-corrected chi connectivity index (χ2v) is 4.12. The SMILES string of the molecule is CCCCC(OC(C)=O)C(=O)OC(O)(CC)CO. The van der Waals surface area contributed by atoms with Gasteiger partial charge in [0.05, 0.1) is 0 Å². The van der Waals surface area contributed by atoms with Gasteiger partial charge >= 0.3 is 11.9 Å². The minimum atomic E-state index is -1.91. The molecule has 0 aromatic heterocycles. The van der Waals surface area contributed by atoms with Crippen LogP contribution in [0.25, 0.3) is 0 Å². The van der Waals surface area contributed by atoms with Crippen LogP contribution >= 0.6 is 0 Å². The van der Waals surface area contributed by atoms with Gasteiger partial charge in [-0.25, -0.2) is 4.79 Å². The fourth-order valence-electron chi connectivity index (χ4n) is 1.28. The molecule has 0 aliphatic carbocycles. The first-order chi connectivity index (χ1) is 8.38. The van der Waals surface area contributed by atoms with Crippen molar-refractivity contribution < 1.29 is 29.3 Å². The van der Waals surface area contributed by atoms with Crippen LogP contribution in [0.5, 0.6) is 0 Å². The molecule has 0 saturated heterocycles. The molecule has 0 bridgehead atoms. The van der Waals surface area contributed by atoms with Crippen LogP contribution in [0, 0.1) is 0 Å². The third-order valence-corrected chi connectivity index (χ3v) is 2.48. The van der Waals surface area contributed by atoms with Crippen molar-refractivity contribution in [2.45, 2.75) is 58.3 Å². The molecule has 18 heavy (non-hydrogen) atoms. The van der Waals surface area contributed by atoms with Gasteiger partial charge in [-0.05, 0) is 12.8 Å². The van der Waals surface area contributed by atoms with Crippen LogP contribution in [0.2, 0.25) is 0 Å². The highest BCUT2D eigenvalue weighted by atomic mass is 16.7. The fourth-order valence-corrected chi connectivity index (χ4v) is 1.28. The van der Waals surface area contributed by atoms with Gasteiger partial charge in [-0.1, -0.05) is 20.3 Å². The predicted molar refractivity (Wildman–Crippen MR) is 63.5 cm³/mol. The first kappa shape index (κ1) is 16.9. The maximum absolute atomic E-state index is 11.7. The van der Waals surface area contributed by atoms with E-state index in [1.165, 1.54) is 6.92 Å². The molecule has 2 unspecified atom stereocenters. The van der Waals surface area contributed by atoms with E-state index in [2.05, 4.69) is 0 Å². The van der Waals surface area contributed by atoms with Crippen molar-refractivity contribution >= 4 is 11.9 Å². The Kier molecular flexibility index (Phi) is 7.54. The van der Waals surface area contributed by atoms with Crippen molar-refractivity contribution in [3.05, 3.63) is 0 Å². The summed E-state index contributed by atoms with van der Waals surface area (Å²) in [6, 6.07) is 0. The highest BCUT2D eigenvalue weighted by Crippen LogP contribution is 2.15. The van der Waals surface area contributed by atoms with Crippen LogP contribution in [0.3, 0.4) is 0 Å². The summed E-state index contributed by atoms with van der Waals surface area (Å²) in [6.07, 6.45) is 0.877. The van der Waals surface area contributed by atoms with Crippen molar-refractivity contribution in [3.8, 4) is 0 Å². The Labute approximate surface area is 107 Å². The molecule has 0 aliphatic rings. The summed E-state index contributed by atoms with van der Waals surface area (Å²) in [6.45, 7) is 4.00. The van der Waals surface area contributed by atoms with Crippen LogP contribution < -0.4 is 0 Å². The molecule has 0 radical (unpaired) electrons. The summed E-state index contributed by atoms with van der Waals surface area (Å²) in [7, 11) is 0. The van der Waals surface area contributed by atoms with E-state index in [0.29, 0.717) is 12.8 Å². The van der Waals surface area contributed by atoms with Crippen molar-refractivity contribution in [3.63, 3.8) is 0 Å². The average molecular weight is 262 g/mol. The molecule has 106 valence electrons. The molecule has 2 atom stereocenters. The van der Waals surface area contributed by atoms with E-state index >= 15 is 0 Å². The number of aliphatic hydroxyl groups is 2. The first-order valence-corrected chi connectivity index (χ1v) is 6.11. The standard InChI is InChI=1S/C12H22O6/c1-4-6-7-10(17-9(3)14)11(15)18-12(16,5-2)8-13/h10,13,16H,4-8H2,1-3H3. The highest BCUT2D eigenvalue weighted by Gasteiger charge is 2.33. The molecular formula is C12H22O6. The Hall–Kier alpha value is -1.14. The molecule has 0 amide bonds. The van der Waals surface area contributed by atoms with E-state index in [9.17, 15) is 14.7 Å². The molecule has 0 aliphatic heterocycles. The number of carbonyl (C=O) groups is 2. The lowest BCUT2D eigenvalue weighted by Gasteiger charge is -2.26. The third-order valence-electron chi connectivity index (χ3n) is 2.48. The number of hydrogen-bond acceptors (Lipinski definition) is 6. The zero-order chi connectivity index (χ0) is 14.2. The Morgan fingerprint density at radius 3 is 2.33 bits per heavy atom. The molecular weight excluding hydrogens is 240 g/mol. The Morgan fingerprint density at radius 1 is 1.33 bits per heavy atom. The maximum atomic E-state index is 11.7. The largest absolute Gasteiger partial charge is 0.451 e. The van der Waals surface area contributed by atoms with Gasteiger partial charge in [-0.15, -0.1) is 0 Å². The smallest absolute Gasteiger partial charge is 0.350 e. The van der Waals surface area contributed by atoms with Crippen molar-refractivity contribution in [1.82, 2.24) is 0 Å². The molecule has 0 heterocycles. The van der Waals surface area contributed by atoms with Crippen molar-refractivity contribution in [2.75, 3.05) is 6.61 Å². The second kappa shape index (κ2) is 8.05. The second-order valence-electron chi connectivity index (χ2n) is 4.12. The Morgan fingerprint density at radius 2 is 1.94 bits per heavy atom. The molecule has 0 saturated carbocycles. The minimum absolute atomic E-state index is 0.0514. The van der Waals surface area contributed by atoms with Gasteiger partial charge in [-0.2, -0.15) is 0 Å². The minimum Gasteiger partial charge on any atom is -0.451 e. The van der Waals surface area contributed by atoms with Crippen LogP contribution in [0.4, 0.5) is 0 Å².